The maximum absolute atomic E-state index is 12.4. The molecule has 4 nitrogen and oxygen atoms in total. The molecular weight excluding hydrogens is 378 g/mol. The van der Waals surface area contributed by atoms with Gasteiger partial charge in [-0.15, -0.1) is 23.1 Å². The van der Waals surface area contributed by atoms with Gasteiger partial charge in [-0.2, -0.15) is 0 Å². The number of rotatable bonds is 6. The summed E-state index contributed by atoms with van der Waals surface area (Å²) in [7, 11) is 1.39. The van der Waals surface area contributed by atoms with E-state index in [1.807, 2.05) is 0 Å². The fourth-order valence-electron chi connectivity index (χ4n) is 3.24. The average molecular weight is 404 g/mol. The van der Waals surface area contributed by atoms with Gasteiger partial charge in [-0.25, -0.2) is 4.79 Å². The number of carbonyl (C=O) groups is 2. The summed E-state index contributed by atoms with van der Waals surface area (Å²) in [6.45, 7) is 4.28. The maximum atomic E-state index is 12.4. The van der Waals surface area contributed by atoms with E-state index in [2.05, 4.69) is 43.4 Å². The summed E-state index contributed by atoms with van der Waals surface area (Å²) in [6.07, 6.45) is 3.30. The fraction of sp³-hybridized carbons (Fsp3) is 0.429. The molecule has 27 heavy (non-hydrogen) atoms. The number of thiophene rings is 1. The second-order valence-electron chi connectivity index (χ2n) is 7.01. The molecule has 0 spiro atoms. The molecule has 1 aromatic carbocycles. The Balaban J connectivity index is 1.64. The molecule has 2 aromatic rings. The first kappa shape index (κ1) is 20.0. The van der Waals surface area contributed by atoms with Crippen LogP contribution in [0.3, 0.4) is 0 Å². The number of methoxy groups -OCH3 is 1. The quantitative estimate of drug-likeness (QED) is 0.539. The second kappa shape index (κ2) is 8.93. The van der Waals surface area contributed by atoms with Crippen molar-refractivity contribution in [3.63, 3.8) is 0 Å². The highest BCUT2D eigenvalue weighted by molar-refractivity contribution is 7.99. The number of hydrogen-bond acceptors (Lipinski definition) is 5. The van der Waals surface area contributed by atoms with E-state index < -0.39 is 0 Å². The molecule has 1 amide bonds. The molecule has 1 aromatic heterocycles. The van der Waals surface area contributed by atoms with Crippen molar-refractivity contribution in [2.24, 2.45) is 5.92 Å². The van der Waals surface area contributed by atoms with Gasteiger partial charge < -0.3 is 10.1 Å². The summed E-state index contributed by atoms with van der Waals surface area (Å²) in [4.78, 5) is 27.1. The Kier molecular flexibility index (Phi) is 6.60. The van der Waals surface area contributed by atoms with Crippen LogP contribution in [0.25, 0.3) is 0 Å². The number of amides is 1. The number of hydrogen-bond donors (Lipinski definition) is 1. The van der Waals surface area contributed by atoms with Crippen molar-refractivity contribution < 1.29 is 14.3 Å². The SMILES string of the molecule is COC(=O)c1c(NC(=O)CCSc2ccc(C)cc2)sc2c1CC[C@H](C)C2. The lowest BCUT2D eigenvalue weighted by Crippen LogP contribution is -2.16. The molecule has 0 fully saturated rings. The van der Waals surface area contributed by atoms with Gasteiger partial charge in [0.2, 0.25) is 5.91 Å². The molecule has 0 saturated heterocycles. The predicted molar refractivity (Wildman–Crippen MR) is 112 cm³/mol. The molecule has 3 rings (SSSR count). The Bertz CT molecular complexity index is 827. The first-order valence-corrected chi connectivity index (χ1v) is 11.0. The second-order valence-corrected chi connectivity index (χ2v) is 9.28. The van der Waals surface area contributed by atoms with Gasteiger partial charge in [0.1, 0.15) is 5.00 Å². The Hall–Kier alpha value is -1.79. The zero-order chi connectivity index (χ0) is 19.4. The minimum absolute atomic E-state index is 0.0635. The molecular formula is C21H25NO3S2. The van der Waals surface area contributed by atoms with Crippen molar-refractivity contribution >= 4 is 40.0 Å². The van der Waals surface area contributed by atoms with E-state index in [0.717, 1.165) is 29.7 Å². The lowest BCUT2D eigenvalue weighted by Gasteiger charge is -2.18. The zero-order valence-corrected chi connectivity index (χ0v) is 17.6. The standard InChI is InChI=1S/C21H25NO3S2/c1-13-4-7-15(8-5-13)26-11-10-18(23)22-20-19(21(24)25-3)16-9-6-14(2)12-17(16)27-20/h4-5,7-8,14H,6,9-12H2,1-3H3,(H,22,23)/t14-/m0/s1. The highest BCUT2D eigenvalue weighted by atomic mass is 32.2. The smallest absolute Gasteiger partial charge is 0.341 e. The lowest BCUT2D eigenvalue weighted by atomic mass is 9.88. The molecule has 0 radical (unpaired) electrons. The number of esters is 1. The fourth-order valence-corrected chi connectivity index (χ4v) is 5.51. The Labute approximate surface area is 168 Å². The molecule has 1 atom stereocenters. The number of aryl methyl sites for hydroxylation is 1. The molecule has 1 aliphatic rings. The number of nitrogens with one attached hydrogen (secondary N) is 1. The maximum Gasteiger partial charge on any atom is 0.341 e. The van der Waals surface area contributed by atoms with E-state index in [1.165, 1.54) is 28.9 Å². The average Bonchev–Trinajstić information content (AvgIpc) is 2.99. The number of ether oxygens (including phenoxy) is 1. The van der Waals surface area contributed by atoms with Crippen LogP contribution in [-0.4, -0.2) is 24.7 Å². The highest BCUT2D eigenvalue weighted by Crippen LogP contribution is 2.40. The molecule has 0 saturated carbocycles. The first-order valence-electron chi connectivity index (χ1n) is 9.20. The minimum atomic E-state index is -0.355. The highest BCUT2D eigenvalue weighted by Gasteiger charge is 2.28. The van der Waals surface area contributed by atoms with Gasteiger partial charge in [-0.3, -0.25) is 4.79 Å². The van der Waals surface area contributed by atoms with Gasteiger partial charge >= 0.3 is 5.97 Å². The summed E-state index contributed by atoms with van der Waals surface area (Å²) < 4.78 is 4.97. The summed E-state index contributed by atoms with van der Waals surface area (Å²) >= 11 is 3.19. The number of carbonyl (C=O) groups excluding carboxylic acids is 2. The van der Waals surface area contributed by atoms with Crippen molar-refractivity contribution in [2.75, 3.05) is 18.2 Å². The summed E-state index contributed by atoms with van der Waals surface area (Å²) in [5.41, 5.74) is 2.85. The van der Waals surface area contributed by atoms with Crippen LogP contribution in [0.1, 0.15) is 46.1 Å². The lowest BCUT2D eigenvalue weighted by molar-refractivity contribution is -0.115. The summed E-state index contributed by atoms with van der Waals surface area (Å²) in [6, 6.07) is 8.29. The van der Waals surface area contributed by atoms with E-state index in [9.17, 15) is 9.59 Å². The third kappa shape index (κ3) is 4.93. The van der Waals surface area contributed by atoms with Crippen molar-refractivity contribution in [1.82, 2.24) is 0 Å². The molecule has 144 valence electrons. The van der Waals surface area contributed by atoms with Gasteiger partial charge in [-0.1, -0.05) is 24.6 Å². The van der Waals surface area contributed by atoms with Crippen molar-refractivity contribution in [1.29, 1.82) is 0 Å². The van der Waals surface area contributed by atoms with Crippen LogP contribution < -0.4 is 5.32 Å². The van der Waals surface area contributed by atoms with Crippen LogP contribution in [0.15, 0.2) is 29.2 Å². The zero-order valence-electron chi connectivity index (χ0n) is 16.0. The van der Waals surface area contributed by atoms with Gasteiger partial charge in [-0.05, 0) is 49.8 Å². The van der Waals surface area contributed by atoms with E-state index in [-0.39, 0.29) is 11.9 Å². The normalized spacial score (nSPS) is 15.9. The van der Waals surface area contributed by atoms with Gasteiger partial charge in [0.05, 0.1) is 12.7 Å². The van der Waals surface area contributed by atoms with Crippen LogP contribution in [-0.2, 0) is 22.4 Å². The Morgan fingerprint density at radius 2 is 2.04 bits per heavy atom. The van der Waals surface area contributed by atoms with Crippen LogP contribution in [0.5, 0.6) is 0 Å². The molecule has 1 aliphatic carbocycles. The van der Waals surface area contributed by atoms with Crippen molar-refractivity contribution in [2.45, 2.75) is 44.4 Å². The monoisotopic (exact) mass is 403 g/mol. The largest absolute Gasteiger partial charge is 0.465 e. The topological polar surface area (TPSA) is 55.4 Å². The molecule has 0 aliphatic heterocycles. The van der Waals surface area contributed by atoms with Crippen molar-refractivity contribution in [3.8, 4) is 0 Å². The summed E-state index contributed by atoms with van der Waals surface area (Å²) in [5.74, 6) is 0.888. The number of benzene rings is 1. The molecule has 0 bridgehead atoms. The number of thioether (sulfide) groups is 1. The van der Waals surface area contributed by atoms with Gasteiger partial charge in [0.15, 0.2) is 0 Å². The molecule has 1 heterocycles. The van der Waals surface area contributed by atoms with E-state index in [4.69, 9.17) is 4.74 Å². The summed E-state index contributed by atoms with van der Waals surface area (Å²) in [5, 5.41) is 3.60. The first-order chi connectivity index (χ1) is 13.0. The molecule has 0 unspecified atom stereocenters. The van der Waals surface area contributed by atoms with Crippen LogP contribution in [0.4, 0.5) is 5.00 Å². The van der Waals surface area contributed by atoms with Crippen LogP contribution >= 0.6 is 23.1 Å². The molecule has 1 N–H and O–H groups in total. The third-order valence-corrected chi connectivity index (χ3v) is 6.96. The van der Waals surface area contributed by atoms with E-state index in [0.29, 0.717) is 28.7 Å². The van der Waals surface area contributed by atoms with E-state index in [1.54, 1.807) is 11.8 Å². The van der Waals surface area contributed by atoms with Gasteiger partial charge in [0.25, 0.3) is 0 Å². The third-order valence-electron chi connectivity index (χ3n) is 4.77. The predicted octanol–water partition coefficient (Wildman–Crippen LogP) is 5.09. The Morgan fingerprint density at radius 3 is 2.74 bits per heavy atom. The van der Waals surface area contributed by atoms with Crippen LogP contribution in [0.2, 0.25) is 0 Å². The number of fused-ring (bicyclic) bond motifs is 1. The Morgan fingerprint density at radius 1 is 1.30 bits per heavy atom. The van der Waals surface area contributed by atoms with Gasteiger partial charge in [0, 0.05) is 21.9 Å². The molecule has 6 heteroatoms. The van der Waals surface area contributed by atoms with Crippen LogP contribution in [0, 0.1) is 12.8 Å². The van der Waals surface area contributed by atoms with Crippen molar-refractivity contribution in [3.05, 3.63) is 45.8 Å². The number of anilines is 1. The van der Waals surface area contributed by atoms with E-state index >= 15 is 0 Å². The minimum Gasteiger partial charge on any atom is -0.465 e.